The molecule has 0 spiro atoms. The number of Topliss-reactive ketones (excluding diaryl/α,β-unsaturated/α-hetero) is 1. The minimum atomic E-state index is -4.46. The van der Waals surface area contributed by atoms with E-state index in [4.69, 9.17) is 11.6 Å². The Balaban J connectivity index is 1.84. The summed E-state index contributed by atoms with van der Waals surface area (Å²) in [5, 5.41) is 8.43. The average molecular weight is 424 g/mol. The number of urea groups is 1. The molecular weight excluding hydrogens is 407 g/mol. The monoisotopic (exact) mass is 423 g/mol. The molecule has 2 aromatic rings. The van der Waals surface area contributed by atoms with E-state index in [1.54, 1.807) is 31.2 Å². The number of benzene rings is 2. The summed E-state index contributed by atoms with van der Waals surface area (Å²) in [5.41, 5.74) is -0.585. The van der Waals surface area contributed by atoms with E-state index in [-0.39, 0.29) is 18.0 Å². The third-order valence-corrected chi connectivity index (χ3v) is 5.05. The molecule has 0 radical (unpaired) electrons. The normalized spacial score (nSPS) is 19.1. The number of nitrogens with zero attached hydrogens (tertiary/aromatic N) is 2. The van der Waals surface area contributed by atoms with Crippen molar-refractivity contribution in [2.45, 2.75) is 20.0 Å². The number of ketones is 1. The quantitative estimate of drug-likeness (QED) is 0.737. The highest BCUT2D eigenvalue weighted by Crippen LogP contribution is 2.33. The van der Waals surface area contributed by atoms with Gasteiger partial charge in [0, 0.05) is 10.7 Å². The van der Waals surface area contributed by atoms with Gasteiger partial charge in [-0.15, -0.1) is 0 Å². The summed E-state index contributed by atoms with van der Waals surface area (Å²) in [6, 6.07) is 10.1. The molecule has 3 rings (SSSR count). The first-order valence-corrected chi connectivity index (χ1v) is 9.00. The molecule has 9 heteroatoms. The molecule has 2 aromatic carbocycles. The SMILES string of the molecule is CC(=O)C1(C)CN(C(=O)Nc2ccc(C(F)(F)F)cc2)N=C1c1ccc(Cl)cc1. The van der Waals surface area contributed by atoms with Crippen LogP contribution >= 0.6 is 11.6 Å². The van der Waals surface area contributed by atoms with Crippen LogP contribution in [-0.4, -0.2) is 29.1 Å². The van der Waals surface area contributed by atoms with Crippen molar-refractivity contribution in [1.82, 2.24) is 5.01 Å². The Bertz CT molecular complexity index is 972. The van der Waals surface area contributed by atoms with Crippen LogP contribution < -0.4 is 5.32 Å². The van der Waals surface area contributed by atoms with Crippen LogP contribution in [0, 0.1) is 5.41 Å². The lowest BCUT2D eigenvalue weighted by atomic mass is 9.79. The first-order valence-electron chi connectivity index (χ1n) is 8.62. The van der Waals surface area contributed by atoms with Gasteiger partial charge in [0.05, 0.1) is 23.2 Å². The van der Waals surface area contributed by atoms with E-state index in [9.17, 15) is 22.8 Å². The minimum absolute atomic E-state index is 0.00671. The molecule has 29 heavy (non-hydrogen) atoms. The minimum Gasteiger partial charge on any atom is -0.306 e. The van der Waals surface area contributed by atoms with Crippen LogP contribution in [0.4, 0.5) is 23.7 Å². The van der Waals surface area contributed by atoms with Crippen molar-refractivity contribution in [3.05, 3.63) is 64.7 Å². The van der Waals surface area contributed by atoms with Crippen LogP contribution in [-0.2, 0) is 11.0 Å². The molecule has 1 atom stereocenters. The highest BCUT2D eigenvalue weighted by molar-refractivity contribution is 6.30. The lowest BCUT2D eigenvalue weighted by Gasteiger charge is -2.23. The molecule has 152 valence electrons. The molecule has 0 saturated carbocycles. The molecule has 2 amide bonds. The van der Waals surface area contributed by atoms with Gasteiger partial charge < -0.3 is 5.32 Å². The molecule has 0 aromatic heterocycles. The fourth-order valence-corrected chi connectivity index (χ4v) is 3.08. The maximum Gasteiger partial charge on any atom is 0.416 e. The summed E-state index contributed by atoms with van der Waals surface area (Å²) in [4.78, 5) is 24.9. The number of halogens is 4. The van der Waals surface area contributed by atoms with Gasteiger partial charge in [0.2, 0.25) is 0 Å². The maximum absolute atomic E-state index is 12.7. The van der Waals surface area contributed by atoms with Crippen LogP contribution in [0.2, 0.25) is 5.02 Å². The molecule has 0 saturated heterocycles. The number of amides is 2. The van der Waals surface area contributed by atoms with Crippen LogP contribution in [0.3, 0.4) is 0 Å². The van der Waals surface area contributed by atoms with Gasteiger partial charge >= 0.3 is 12.2 Å². The zero-order chi connectivity index (χ0) is 21.4. The summed E-state index contributed by atoms with van der Waals surface area (Å²) in [5.74, 6) is -0.170. The fraction of sp³-hybridized carbons (Fsp3) is 0.250. The molecular formula is C20H17ClF3N3O2. The molecule has 1 heterocycles. The molecule has 0 bridgehead atoms. The van der Waals surface area contributed by atoms with Crippen molar-refractivity contribution < 1.29 is 22.8 Å². The molecule has 1 N–H and O–H groups in total. The van der Waals surface area contributed by atoms with Crippen LogP contribution in [0.1, 0.15) is 25.0 Å². The summed E-state index contributed by atoms with van der Waals surface area (Å²) < 4.78 is 38.0. The van der Waals surface area contributed by atoms with Crippen molar-refractivity contribution in [1.29, 1.82) is 0 Å². The zero-order valence-electron chi connectivity index (χ0n) is 15.5. The van der Waals surface area contributed by atoms with Gasteiger partial charge in [-0.3, -0.25) is 4.79 Å². The summed E-state index contributed by atoms with van der Waals surface area (Å²) in [6.45, 7) is 3.11. The summed E-state index contributed by atoms with van der Waals surface area (Å²) >= 11 is 5.91. The highest BCUT2D eigenvalue weighted by atomic mass is 35.5. The number of alkyl halides is 3. The second kappa shape index (κ2) is 7.51. The Morgan fingerprint density at radius 3 is 2.21 bits per heavy atom. The molecule has 1 unspecified atom stereocenters. The predicted octanol–water partition coefficient (Wildman–Crippen LogP) is 5.21. The number of carbonyl (C=O) groups is 2. The number of hydrazone groups is 1. The number of anilines is 1. The van der Waals surface area contributed by atoms with Gasteiger partial charge in [-0.25, -0.2) is 9.80 Å². The van der Waals surface area contributed by atoms with Crippen molar-refractivity contribution in [3.8, 4) is 0 Å². The Hall–Kier alpha value is -2.87. The van der Waals surface area contributed by atoms with Crippen LogP contribution in [0.25, 0.3) is 0 Å². The molecule has 5 nitrogen and oxygen atoms in total. The zero-order valence-corrected chi connectivity index (χ0v) is 16.3. The lowest BCUT2D eigenvalue weighted by molar-refractivity contribution is -0.137. The molecule has 0 aliphatic carbocycles. The van der Waals surface area contributed by atoms with E-state index in [1.165, 1.54) is 6.92 Å². The number of nitrogens with one attached hydrogen (secondary N) is 1. The fourth-order valence-electron chi connectivity index (χ4n) is 2.95. The largest absolute Gasteiger partial charge is 0.416 e. The van der Waals surface area contributed by atoms with Crippen molar-refractivity contribution in [3.63, 3.8) is 0 Å². The van der Waals surface area contributed by atoms with Gasteiger partial charge in [0.15, 0.2) is 0 Å². The van der Waals surface area contributed by atoms with E-state index in [0.717, 1.165) is 29.3 Å². The second-order valence-electron chi connectivity index (χ2n) is 6.91. The van der Waals surface area contributed by atoms with Gasteiger partial charge in [-0.05, 0) is 55.8 Å². The van der Waals surface area contributed by atoms with Crippen molar-refractivity contribution in [2.24, 2.45) is 10.5 Å². The van der Waals surface area contributed by atoms with Gasteiger partial charge in [0.25, 0.3) is 0 Å². The number of carbonyl (C=O) groups excluding carboxylic acids is 2. The first kappa shape index (κ1) is 20.9. The van der Waals surface area contributed by atoms with Gasteiger partial charge in [-0.2, -0.15) is 18.3 Å². The van der Waals surface area contributed by atoms with E-state index in [1.807, 2.05) is 0 Å². The Morgan fingerprint density at radius 1 is 1.10 bits per heavy atom. The Kier molecular flexibility index (Phi) is 5.40. The topological polar surface area (TPSA) is 61.8 Å². The van der Waals surface area contributed by atoms with Crippen molar-refractivity contribution in [2.75, 3.05) is 11.9 Å². The number of hydrogen-bond donors (Lipinski definition) is 1. The van der Waals surface area contributed by atoms with Gasteiger partial charge in [-0.1, -0.05) is 23.7 Å². The Morgan fingerprint density at radius 2 is 1.69 bits per heavy atom. The number of rotatable bonds is 3. The molecule has 0 fully saturated rings. The van der Waals surface area contributed by atoms with E-state index >= 15 is 0 Å². The highest BCUT2D eigenvalue weighted by Gasteiger charge is 2.45. The second-order valence-corrected chi connectivity index (χ2v) is 7.34. The number of hydrogen-bond acceptors (Lipinski definition) is 3. The lowest BCUT2D eigenvalue weighted by Crippen LogP contribution is -2.40. The van der Waals surface area contributed by atoms with Crippen LogP contribution in [0.5, 0.6) is 0 Å². The summed E-state index contributed by atoms with van der Waals surface area (Å²) in [6.07, 6.45) is -4.46. The maximum atomic E-state index is 12.7. The van der Waals surface area contributed by atoms with Crippen molar-refractivity contribution >= 4 is 34.8 Å². The van der Waals surface area contributed by atoms with Gasteiger partial charge in [0.1, 0.15) is 5.78 Å². The van der Waals surface area contributed by atoms with Crippen LogP contribution in [0.15, 0.2) is 53.6 Å². The molecule has 1 aliphatic heterocycles. The predicted molar refractivity (Wildman–Crippen MR) is 104 cm³/mol. The van der Waals surface area contributed by atoms with E-state index < -0.39 is 23.2 Å². The van der Waals surface area contributed by atoms with E-state index in [0.29, 0.717) is 16.3 Å². The summed E-state index contributed by atoms with van der Waals surface area (Å²) in [7, 11) is 0. The standard InChI is InChI=1S/C20H17ClF3N3O2/c1-12(28)19(2)11-27(26-17(19)13-3-7-15(21)8-4-13)18(29)25-16-9-5-14(6-10-16)20(22,23)24/h3-10H,11H2,1-2H3,(H,25,29). The first-order chi connectivity index (χ1) is 13.5. The Labute approximate surface area is 170 Å². The van der Waals surface area contributed by atoms with E-state index in [2.05, 4.69) is 10.4 Å². The molecule has 1 aliphatic rings. The smallest absolute Gasteiger partial charge is 0.306 e. The third kappa shape index (κ3) is 4.27. The third-order valence-electron chi connectivity index (χ3n) is 4.80. The average Bonchev–Trinajstić information content (AvgIpc) is 3.01.